The smallest absolute Gasteiger partial charge is 0.261 e. The molecule has 126 valence electrons. The average molecular weight is 331 g/mol. The lowest BCUT2D eigenvalue weighted by atomic mass is 10.2. The van der Waals surface area contributed by atoms with E-state index in [-0.39, 0.29) is 25.1 Å². The number of benzene rings is 2. The summed E-state index contributed by atoms with van der Waals surface area (Å²) in [4.78, 5) is 14.1. The molecule has 24 heavy (non-hydrogen) atoms. The molecule has 1 saturated carbocycles. The van der Waals surface area contributed by atoms with Crippen molar-refractivity contribution in [2.45, 2.75) is 32.4 Å². The number of rotatable bonds is 6. The van der Waals surface area contributed by atoms with Crippen LogP contribution in [0.4, 0.5) is 8.78 Å². The molecule has 0 unspecified atom stereocenters. The number of halogens is 2. The SMILES string of the molecule is Cc1ccc(OCC(=O)N(Cc2ccc(F)cc2F)C2CC2)cc1. The van der Waals surface area contributed by atoms with Gasteiger partial charge in [-0.25, -0.2) is 8.78 Å². The van der Waals surface area contributed by atoms with Crippen molar-refractivity contribution in [3.63, 3.8) is 0 Å². The van der Waals surface area contributed by atoms with Crippen LogP contribution in [0, 0.1) is 18.6 Å². The number of hydrogen-bond donors (Lipinski definition) is 0. The molecule has 1 aliphatic rings. The van der Waals surface area contributed by atoms with E-state index >= 15 is 0 Å². The van der Waals surface area contributed by atoms with Gasteiger partial charge in [-0.3, -0.25) is 4.79 Å². The van der Waals surface area contributed by atoms with Crippen LogP contribution in [0.15, 0.2) is 42.5 Å². The van der Waals surface area contributed by atoms with E-state index in [0.29, 0.717) is 11.3 Å². The molecule has 2 aromatic rings. The van der Waals surface area contributed by atoms with Gasteiger partial charge in [0.2, 0.25) is 0 Å². The van der Waals surface area contributed by atoms with Crippen LogP contribution in [-0.4, -0.2) is 23.5 Å². The van der Waals surface area contributed by atoms with Gasteiger partial charge in [0.15, 0.2) is 6.61 Å². The van der Waals surface area contributed by atoms with Crippen LogP contribution < -0.4 is 4.74 Å². The normalized spacial score (nSPS) is 13.6. The standard InChI is InChI=1S/C19H19F2NO2/c1-13-2-8-17(9-3-13)24-12-19(23)22(16-6-7-16)11-14-4-5-15(20)10-18(14)21/h2-5,8-10,16H,6-7,11-12H2,1H3. The molecule has 5 heteroatoms. The second-order valence-corrected chi connectivity index (χ2v) is 6.09. The van der Waals surface area contributed by atoms with Gasteiger partial charge in [-0.05, 0) is 38.0 Å². The van der Waals surface area contributed by atoms with Crippen LogP contribution in [0.5, 0.6) is 5.75 Å². The van der Waals surface area contributed by atoms with Crippen molar-refractivity contribution in [2.24, 2.45) is 0 Å². The summed E-state index contributed by atoms with van der Waals surface area (Å²) in [6.45, 7) is 2.01. The molecule has 0 aliphatic heterocycles. The summed E-state index contributed by atoms with van der Waals surface area (Å²) < 4.78 is 32.4. The van der Waals surface area contributed by atoms with Crippen molar-refractivity contribution in [2.75, 3.05) is 6.61 Å². The lowest BCUT2D eigenvalue weighted by Crippen LogP contribution is -2.36. The zero-order chi connectivity index (χ0) is 17.1. The topological polar surface area (TPSA) is 29.5 Å². The quantitative estimate of drug-likeness (QED) is 0.805. The van der Waals surface area contributed by atoms with Crippen molar-refractivity contribution in [1.82, 2.24) is 4.90 Å². The van der Waals surface area contributed by atoms with E-state index in [1.807, 2.05) is 31.2 Å². The first-order chi connectivity index (χ1) is 11.5. The summed E-state index contributed by atoms with van der Waals surface area (Å²) in [5, 5.41) is 0. The van der Waals surface area contributed by atoms with Gasteiger partial charge in [-0.1, -0.05) is 23.8 Å². The molecule has 0 bridgehead atoms. The Morgan fingerprint density at radius 2 is 1.88 bits per heavy atom. The Kier molecular flexibility index (Phi) is 4.79. The monoisotopic (exact) mass is 331 g/mol. The molecule has 0 heterocycles. The van der Waals surface area contributed by atoms with E-state index in [1.165, 1.54) is 12.1 Å². The van der Waals surface area contributed by atoms with Gasteiger partial charge in [0.05, 0.1) is 0 Å². The fourth-order valence-corrected chi connectivity index (χ4v) is 2.50. The number of ether oxygens (including phenoxy) is 1. The summed E-state index contributed by atoms with van der Waals surface area (Å²) in [5.41, 5.74) is 1.42. The summed E-state index contributed by atoms with van der Waals surface area (Å²) >= 11 is 0. The zero-order valence-electron chi connectivity index (χ0n) is 13.5. The molecule has 3 rings (SSSR count). The van der Waals surface area contributed by atoms with Gasteiger partial charge in [-0.2, -0.15) is 0 Å². The number of nitrogens with zero attached hydrogens (tertiary/aromatic N) is 1. The van der Waals surface area contributed by atoms with Crippen molar-refractivity contribution in [3.8, 4) is 5.75 Å². The van der Waals surface area contributed by atoms with Crippen molar-refractivity contribution in [1.29, 1.82) is 0 Å². The highest BCUT2D eigenvalue weighted by Crippen LogP contribution is 2.29. The maximum absolute atomic E-state index is 13.8. The molecule has 1 fully saturated rings. The predicted octanol–water partition coefficient (Wildman–Crippen LogP) is 3.84. The highest BCUT2D eigenvalue weighted by Gasteiger charge is 2.33. The molecule has 1 aliphatic carbocycles. The Balaban J connectivity index is 1.64. The molecule has 2 aromatic carbocycles. The van der Waals surface area contributed by atoms with E-state index in [2.05, 4.69) is 0 Å². The largest absolute Gasteiger partial charge is 0.484 e. The summed E-state index contributed by atoms with van der Waals surface area (Å²) in [5.74, 6) is -0.824. The Hall–Kier alpha value is -2.43. The molecule has 0 atom stereocenters. The highest BCUT2D eigenvalue weighted by atomic mass is 19.1. The molecular weight excluding hydrogens is 312 g/mol. The Bertz CT molecular complexity index is 727. The van der Waals surface area contributed by atoms with Gasteiger partial charge in [0.1, 0.15) is 17.4 Å². The van der Waals surface area contributed by atoms with Crippen LogP contribution >= 0.6 is 0 Å². The first-order valence-corrected chi connectivity index (χ1v) is 7.96. The fourth-order valence-electron chi connectivity index (χ4n) is 2.50. The van der Waals surface area contributed by atoms with Crippen LogP contribution in [0.3, 0.4) is 0 Å². The number of hydrogen-bond acceptors (Lipinski definition) is 2. The second kappa shape index (κ2) is 6.99. The van der Waals surface area contributed by atoms with Gasteiger partial charge in [0, 0.05) is 24.2 Å². The number of carbonyl (C=O) groups excluding carboxylic acids is 1. The molecule has 0 saturated heterocycles. The van der Waals surface area contributed by atoms with Gasteiger partial charge in [-0.15, -0.1) is 0 Å². The molecule has 0 radical (unpaired) electrons. The third-order valence-electron chi connectivity index (χ3n) is 4.05. The summed E-state index contributed by atoms with van der Waals surface area (Å²) in [6.07, 6.45) is 1.80. The van der Waals surface area contributed by atoms with Gasteiger partial charge < -0.3 is 9.64 Å². The molecule has 0 aromatic heterocycles. The molecule has 3 nitrogen and oxygen atoms in total. The van der Waals surface area contributed by atoms with E-state index in [9.17, 15) is 13.6 Å². The molecular formula is C19H19F2NO2. The van der Waals surface area contributed by atoms with Crippen molar-refractivity contribution < 1.29 is 18.3 Å². The zero-order valence-corrected chi connectivity index (χ0v) is 13.5. The molecule has 0 spiro atoms. The van der Waals surface area contributed by atoms with Crippen LogP contribution in [0.2, 0.25) is 0 Å². The maximum atomic E-state index is 13.8. The minimum atomic E-state index is -0.632. The van der Waals surface area contributed by atoms with Crippen molar-refractivity contribution in [3.05, 3.63) is 65.2 Å². The maximum Gasteiger partial charge on any atom is 0.261 e. The Labute approximate surface area is 139 Å². The third-order valence-corrected chi connectivity index (χ3v) is 4.05. The molecule has 0 N–H and O–H groups in total. The van der Waals surface area contributed by atoms with Crippen LogP contribution in [0.25, 0.3) is 0 Å². The Morgan fingerprint density at radius 1 is 1.17 bits per heavy atom. The Morgan fingerprint density at radius 3 is 2.50 bits per heavy atom. The van der Waals surface area contributed by atoms with Crippen molar-refractivity contribution >= 4 is 5.91 Å². The lowest BCUT2D eigenvalue weighted by molar-refractivity contribution is -0.134. The lowest BCUT2D eigenvalue weighted by Gasteiger charge is -2.23. The predicted molar refractivity (Wildman–Crippen MR) is 86.6 cm³/mol. The first-order valence-electron chi connectivity index (χ1n) is 7.96. The number of aryl methyl sites for hydroxylation is 1. The summed E-state index contributed by atoms with van der Waals surface area (Å²) in [6, 6.07) is 11.0. The minimum absolute atomic E-state index is 0.0949. The van der Waals surface area contributed by atoms with E-state index in [1.54, 1.807) is 4.90 Å². The van der Waals surface area contributed by atoms with E-state index < -0.39 is 11.6 Å². The van der Waals surface area contributed by atoms with Crippen LogP contribution in [0.1, 0.15) is 24.0 Å². The average Bonchev–Trinajstić information content (AvgIpc) is 3.38. The van der Waals surface area contributed by atoms with E-state index in [4.69, 9.17) is 4.74 Å². The summed E-state index contributed by atoms with van der Waals surface area (Å²) in [7, 11) is 0. The van der Waals surface area contributed by atoms with Gasteiger partial charge in [0.25, 0.3) is 5.91 Å². The third kappa shape index (κ3) is 4.10. The number of carbonyl (C=O) groups is 1. The minimum Gasteiger partial charge on any atom is -0.484 e. The second-order valence-electron chi connectivity index (χ2n) is 6.09. The van der Waals surface area contributed by atoms with Crippen LogP contribution in [-0.2, 0) is 11.3 Å². The highest BCUT2D eigenvalue weighted by molar-refractivity contribution is 5.78. The van der Waals surface area contributed by atoms with E-state index in [0.717, 1.165) is 24.5 Å². The fraction of sp³-hybridized carbons (Fsp3) is 0.316. The number of amides is 1. The first kappa shape index (κ1) is 16.4. The van der Waals surface area contributed by atoms with Gasteiger partial charge >= 0.3 is 0 Å². The molecule has 1 amide bonds.